The van der Waals surface area contributed by atoms with Gasteiger partial charge in [-0.15, -0.1) is 0 Å². The van der Waals surface area contributed by atoms with Crippen LogP contribution >= 0.6 is 0 Å². The Morgan fingerprint density at radius 1 is 1.33 bits per heavy atom. The van der Waals surface area contributed by atoms with E-state index in [2.05, 4.69) is 27.3 Å². The van der Waals surface area contributed by atoms with E-state index in [-0.39, 0.29) is 9.52 Å². The van der Waals surface area contributed by atoms with Gasteiger partial charge in [-0.25, -0.2) is 0 Å². The Balaban J connectivity index is 3.41. The summed E-state index contributed by atoms with van der Waals surface area (Å²) >= 11 is 0. The van der Waals surface area contributed by atoms with E-state index in [1.807, 2.05) is 0 Å². The SMILES string of the molecule is CCCC([SiH2]C)C(C)C. The lowest BCUT2D eigenvalue weighted by atomic mass is 10.1. The van der Waals surface area contributed by atoms with Crippen LogP contribution < -0.4 is 0 Å². The second-order valence-electron chi connectivity index (χ2n) is 3.20. The average molecular weight is 144 g/mol. The van der Waals surface area contributed by atoms with E-state index in [1.165, 1.54) is 12.8 Å². The summed E-state index contributed by atoms with van der Waals surface area (Å²) in [6, 6.07) is 0. The normalized spacial score (nSPS) is 15.7. The van der Waals surface area contributed by atoms with Crippen molar-refractivity contribution >= 4 is 9.52 Å². The van der Waals surface area contributed by atoms with E-state index in [1.54, 1.807) is 0 Å². The molecule has 9 heavy (non-hydrogen) atoms. The van der Waals surface area contributed by atoms with Crippen molar-refractivity contribution < 1.29 is 0 Å². The Labute approximate surface area is 61.9 Å². The molecule has 0 fully saturated rings. The van der Waals surface area contributed by atoms with Gasteiger partial charge in [0.1, 0.15) is 0 Å². The molecule has 0 saturated heterocycles. The fourth-order valence-electron chi connectivity index (χ4n) is 1.38. The van der Waals surface area contributed by atoms with E-state index < -0.39 is 0 Å². The van der Waals surface area contributed by atoms with Crippen LogP contribution in [0.1, 0.15) is 33.6 Å². The van der Waals surface area contributed by atoms with E-state index >= 15 is 0 Å². The lowest BCUT2D eigenvalue weighted by Crippen LogP contribution is -2.06. The highest BCUT2D eigenvalue weighted by Crippen LogP contribution is 2.21. The van der Waals surface area contributed by atoms with Crippen molar-refractivity contribution in [3.8, 4) is 0 Å². The molecule has 0 bridgehead atoms. The van der Waals surface area contributed by atoms with Crippen LogP contribution in [-0.4, -0.2) is 9.52 Å². The average Bonchev–Trinajstić information content (AvgIpc) is 1.82. The van der Waals surface area contributed by atoms with Gasteiger partial charge in [-0.3, -0.25) is 0 Å². The Hall–Kier alpha value is 0.217. The topological polar surface area (TPSA) is 0 Å². The molecule has 0 saturated carbocycles. The van der Waals surface area contributed by atoms with Crippen LogP contribution in [0.3, 0.4) is 0 Å². The number of rotatable bonds is 4. The third-order valence-electron chi connectivity index (χ3n) is 2.13. The molecule has 0 heterocycles. The molecule has 0 aromatic rings. The monoisotopic (exact) mass is 144 g/mol. The first kappa shape index (κ1) is 9.22. The van der Waals surface area contributed by atoms with Crippen molar-refractivity contribution in [2.45, 2.75) is 45.7 Å². The molecule has 0 aliphatic heterocycles. The first-order valence-electron chi connectivity index (χ1n) is 4.22. The zero-order valence-corrected chi connectivity index (χ0v) is 8.69. The fourth-order valence-corrected chi connectivity index (χ4v) is 3.14. The predicted molar refractivity (Wildman–Crippen MR) is 47.9 cm³/mol. The molecule has 1 heteroatoms. The molecule has 1 unspecified atom stereocenters. The van der Waals surface area contributed by atoms with E-state index in [0.29, 0.717) is 0 Å². The molecule has 0 N–H and O–H groups in total. The lowest BCUT2D eigenvalue weighted by Gasteiger charge is -2.16. The maximum atomic E-state index is 2.43. The standard InChI is InChI=1S/C8H20Si/c1-5-6-8(9-4)7(2)3/h7-8H,5-6,9H2,1-4H3. The predicted octanol–water partition coefficient (Wildman–Crippen LogP) is 2.45. The third kappa shape index (κ3) is 3.74. The van der Waals surface area contributed by atoms with Crippen LogP contribution in [0, 0.1) is 5.92 Å². The van der Waals surface area contributed by atoms with Crippen LogP contribution in [0.2, 0.25) is 12.1 Å². The van der Waals surface area contributed by atoms with Gasteiger partial charge in [0.15, 0.2) is 0 Å². The number of hydrogen-bond donors (Lipinski definition) is 0. The van der Waals surface area contributed by atoms with Crippen LogP contribution in [0.4, 0.5) is 0 Å². The summed E-state index contributed by atoms with van der Waals surface area (Å²) in [5.41, 5.74) is 1.11. The van der Waals surface area contributed by atoms with E-state index in [9.17, 15) is 0 Å². The molecule has 0 aromatic carbocycles. The van der Waals surface area contributed by atoms with E-state index in [4.69, 9.17) is 0 Å². The van der Waals surface area contributed by atoms with Crippen LogP contribution in [0.25, 0.3) is 0 Å². The van der Waals surface area contributed by atoms with Crippen LogP contribution in [0.5, 0.6) is 0 Å². The van der Waals surface area contributed by atoms with Gasteiger partial charge >= 0.3 is 0 Å². The summed E-state index contributed by atoms with van der Waals surface area (Å²) in [4.78, 5) is 0. The molecule has 56 valence electrons. The summed E-state index contributed by atoms with van der Waals surface area (Å²) in [5.74, 6) is 0.946. The molecule has 0 aromatic heterocycles. The smallest absolute Gasteiger partial charge is 0.0204 e. The molecule has 1 atom stereocenters. The Bertz CT molecular complexity index is 59.6. The summed E-state index contributed by atoms with van der Waals surface area (Å²) in [5, 5.41) is 0. The lowest BCUT2D eigenvalue weighted by molar-refractivity contribution is 0.545. The molecular weight excluding hydrogens is 124 g/mol. The molecule has 0 nitrogen and oxygen atoms in total. The van der Waals surface area contributed by atoms with Crippen molar-refractivity contribution in [2.75, 3.05) is 0 Å². The first-order chi connectivity index (χ1) is 4.22. The second kappa shape index (κ2) is 5.04. The van der Waals surface area contributed by atoms with Crippen molar-refractivity contribution in [3.63, 3.8) is 0 Å². The first-order valence-corrected chi connectivity index (χ1v) is 6.45. The highest BCUT2D eigenvalue weighted by Gasteiger charge is 2.08. The Kier molecular flexibility index (Phi) is 5.16. The van der Waals surface area contributed by atoms with Crippen LogP contribution in [-0.2, 0) is 0 Å². The maximum absolute atomic E-state index is 2.43. The molecule has 0 rings (SSSR count). The van der Waals surface area contributed by atoms with Crippen molar-refractivity contribution in [2.24, 2.45) is 5.92 Å². The highest BCUT2D eigenvalue weighted by atomic mass is 28.2. The molecule has 0 aliphatic carbocycles. The summed E-state index contributed by atoms with van der Waals surface area (Å²) in [6.45, 7) is 9.44. The van der Waals surface area contributed by atoms with E-state index in [0.717, 1.165) is 11.5 Å². The molecule has 0 spiro atoms. The van der Waals surface area contributed by atoms with Gasteiger partial charge < -0.3 is 0 Å². The zero-order chi connectivity index (χ0) is 7.28. The maximum Gasteiger partial charge on any atom is 0.0204 e. The Morgan fingerprint density at radius 2 is 1.89 bits per heavy atom. The molecule has 0 amide bonds. The van der Waals surface area contributed by atoms with Gasteiger partial charge in [-0.05, 0) is 11.5 Å². The van der Waals surface area contributed by atoms with Gasteiger partial charge in [-0.1, -0.05) is 40.2 Å². The minimum Gasteiger partial charge on any atom is -0.0746 e. The highest BCUT2D eigenvalue weighted by molar-refractivity contribution is 6.35. The van der Waals surface area contributed by atoms with Gasteiger partial charge in [0.25, 0.3) is 0 Å². The minimum atomic E-state index is 0.270. The van der Waals surface area contributed by atoms with Crippen molar-refractivity contribution in [1.82, 2.24) is 0 Å². The summed E-state index contributed by atoms with van der Waals surface area (Å²) in [7, 11) is 0.270. The second-order valence-corrected chi connectivity index (χ2v) is 5.07. The van der Waals surface area contributed by atoms with Crippen molar-refractivity contribution in [3.05, 3.63) is 0 Å². The molecular formula is C8H20Si. The summed E-state index contributed by atoms with van der Waals surface area (Å²) in [6.07, 6.45) is 2.85. The Morgan fingerprint density at radius 3 is 2.00 bits per heavy atom. The summed E-state index contributed by atoms with van der Waals surface area (Å²) < 4.78 is 0. The van der Waals surface area contributed by atoms with Gasteiger partial charge in [0.05, 0.1) is 0 Å². The minimum absolute atomic E-state index is 0.270. The quantitative estimate of drug-likeness (QED) is 0.532. The third-order valence-corrected chi connectivity index (χ3v) is 4.53. The zero-order valence-electron chi connectivity index (χ0n) is 7.28. The van der Waals surface area contributed by atoms with Gasteiger partial charge in [-0.2, -0.15) is 0 Å². The van der Waals surface area contributed by atoms with Gasteiger partial charge in [0.2, 0.25) is 0 Å². The van der Waals surface area contributed by atoms with Crippen molar-refractivity contribution in [1.29, 1.82) is 0 Å². The number of hydrogen-bond acceptors (Lipinski definition) is 0. The molecule has 0 aliphatic rings. The van der Waals surface area contributed by atoms with Gasteiger partial charge in [0, 0.05) is 9.52 Å². The molecule has 0 radical (unpaired) electrons. The van der Waals surface area contributed by atoms with Crippen LogP contribution in [0.15, 0.2) is 0 Å². The fraction of sp³-hybridized carbons (Fsp3) is 1.00. The largest absolute Gasteiger partial charge is 0.0746 e.